The molecule has 0 amide bonds. The van der Waals surface area contributed by atoms with E-state index in [0.717, 1.165) is 40.0 Å². The van der Waals surface area contributed by atoms with E-state index in [1.807, 2.05) is 47.8 Å². The summed E-state index contributed by atoms with van der Waals surface area (Å²) in [6.07, 6.45) is 4.27. The Kier molecular flexibility index (Phi) is 5.11. The van der Waals surface area contributed by atoms with Crippen molar-refractivity contribution in [3.8, 4) is 5.69 Å². The normalized spacial score (nSPS) is 13.5. The van der Waals surface area contributed by atoms with Crippen molar-refractivity contribution in [1.82, 2.24) is 9.55 Å². The highest BCUT2D eigenvalue weighted by Gasteiger charge is 2.23. The van der Waals surface area contributed by atoms with Gasteiger partial charge >= 0.3 is 0 Å². The molecule has 0 fully saturated rings. The zero-order valence-corrected chi connectivity index (χ0v) is 18.0. The first-order valence-corrected chi connectivity index (χ1v) is 12.2. The first kappa shape index (κ1) is 18.8. The molecule has 0 atom stereocenters. The second-order valence-electron chi connectivity index (χ2n) is 6.95. The molecule has 5 rings (SSSR count). The van der Waals surface area contributed by atoms with E-state index in [9.17, 15) is 9.59 Å². The molecule has 3 heterocycles. The number of hydrogen-bond donors (Lipinski definition) is 0. The Morgan fingerprint density at radius 3 is 2.72 bits per heavy atom. The van der Waals surface area contributed by atoms with Crippen molar-refractivity contribution >= 4 is 49.8 Å². The summed E-state index contributed by atoms with van der Waals surface area (Å²) in [6.45, 7) is 0. The number of benzene rings is 1. The lowest BCUT2D eigenvalue weighted by atomic mass is 9.97. The van der Waals surface area contributed by atoms with E-state index in [1.54, 1.807) is 15.9 Å². The highest BCUT2D eigenvalue weighted by atomic mass is 32.2. The lowest BCUT2D eigenvalue weighted by Gasteiger charge is -2.13. The van der Waals surface area contributed by atoms with E-state index in [4.69, 9.17) is 4.98 Å². The third-order valence-corrected chi connectivity index (χ3v) is 8.20. The predicted octanol–water partition coefficient (Wildman–Crippen LogP) is 5.46. The fraction of sp³-hybridized carbons (Fsp3) is 0.227. The Hall–Kier alpha value is -2.22. The summed E-state index contributed by atoms with van der Waals surface area (Å²) >= 11 is 4.28. The minimum atomic E-state index is -0.0141. The Morgan fingerprint density at radius 1 is 1.10 bits per heavy atom. The number of nitrogens with zero attached hydrogens (tertiary/aromatic N) is 2. The highest BCUT2D eigenvalue weighted by Crippen LogP contribution is 2.34. The number of carbonyl (C=O) groups is 1. The third kappa shape index (κ3) is 3.47. The predicted molar refractivity (Wildman–Crippen MR) is 122 cm³/mol. The van der Waals surface area contributed by atoms with Crippen molar-refractivity contribution < 1.29 is 4.79 Å². The fourth-order valence-corrected chi connectivity index (χ4v) is 6.60. The van der Waals surface area contributed by atoms with Crippen molar-refractivity contribution in [1.29, 1.82) is 0 Å². The van der Waals surface area contributed by atoms with Gasteiger partial charge in [-0.3, -0.25) is 14.2 Å². The molecule has 29 heavy (non-hydrogen) atoms. The molecule has 0 N–H and O–H groups in total. The van der Waals surface area contributed by atoms with Crippen LogP contribution in [-0.2, 0) is 18.6 Å². The Labute approximate surface area is 180 Å². The summed E-state index contributed by atoms with van der Waals surface area (Å²) in [7, 11) is 0. The van der Waals surface area contributed by atoms with Crippen molar-refractivity contribution in [3.05, 3.63) is 79.3 Å². The molecule has 1 aliphatic rings. The summed E-state index contributed by atoms with van der Waals surface area (Å²) < 4.78 is 1.69. The van der Waals surface area contributed by atoms with Gasteiger partial charge in [0, 0.05) is 4.88 Å². The largest absolute Gasteiger partial charge is 0.281 e. The zero-order valence-electron chi connectivity index (χ0n) is 15.6. The Morgan fingerprint density at radius 2 is 1.93 bits per heavy atom. The van der Waals surface area contributed by atoms with E-state index in [2.05, 4.69) is 0 Å². The van der Waals surface area contributed by atoms with Crippen LogP contribution in [0, 0.1) is 0 Å². The second-order valence-corrected chi connectivity index (χ2v) is 9.93. The maximum absolute atomic E-state index is 13.6. The molecule has 0 saturated carbocycles. The second kappa shape index (κ2) is 7.89. The van der Waals surface area contributed by atoms with Gasteiger partial charge in [0.05, 0.1) is 21.7 Å². The van der Waals surface area contributed by atoms with Crippen LogP contribution in [-0.4, -0.2) is 14.7 Å². The molecule has 1 aliphatic carbocycles. The topological polar surface area (TPSA) is 52.0 Å². The standard InChI is InChI=1S/C22H18N2O2S3/c25-21-19-15-9-4-5-10-16(15)29-20(19)23-18(24(21)14-7-2-1-3-8-14)13-28-22(26)17-11-6-12-27-17/h1-3,6-8,11-12H,4-5,9-10,13H2. The lowest BCUT2D eigenvalue weighted by Crippen LogP contribution is -2.24. The van der Waals surface area contributed by atoms with Gasteiger partial charge in [0.1, 0.15) is 10.7 Å². The van der Waals surface area contributed by atoms with Gasteiger partial charge in [0.25, 0.3) is 5.56 Å². The average Bonchev–Trinajstić information content (AvgIpc) is 3.40. The summed E-state index contributed by atoms with van der Waals surface area (Å²) in [5.41, 5.74) is 1.97. The molecule has 0 aliphatic heterocycles. The molecule has 0 radical (unpaired) electrons. The number of hydrogen-bond acceptors (Lipinski definition) is 6. The summed E-state index contributed by atoms with van der Waals surface area (Å²) in [6, 6.07) is 13.3. The number of aromatic nitrogens is 2. The van der Waals surface area contributed by atoms with E-state index in [-0.39, 0.29) is 10.7 Å². The van der Waals surface area contributed by atoms with Crippen LogP contribution >= 0.6 is 34.4 Å². The molecule has 7 heteroatoms. The van der Waals surface area contributed by atoms with Gasteiger partial charge in [0.2, 0.25) is 5.12 Å². The van der Waals surface area contributed by atoms with E-state index in [1.165, 1.54) is 40.0 Å². The maximum Gasteiger partial charge on any atom is 0.267 e. The molecule has 0 saturated heterocycles. The van der Waals surface area contributed by atoms with Crippen LogP contribution in [0.15, 0.2) is 52.6 Å². The molecule has 3 aromatic heterocycles. The Bertz CT molecular complexity index is 1240. The molecular formula is C22H18N2O2S3. The van der Waals surface area contributed by atoms with Crippen LogP contribution in [0.2, 0.25) is 0 Å². The minimum Gasteiger partial charge on any atom is -0.281 e. The Balaban J connectivity index is 1.63. The van der Waals surface area contributed by atoms with Crippen LogP contribution in [0.5, 0.6) is 0 Å². The number of rotatable bonds is 4. The number of carbonyl (C=O) groups excluding carboxylic acids is 1. The summed E-state index contributed by atoms with van der Waals surface area (Å²) in [5.74, 6) is 0.988. The van der Waals surface area contributed by atoms with Gasteiger partial charge in [-0.25, -0.2) is 4.98 Å². The number of thiophene rings is 2. The van der Waals surface area contributed by atoms with Crippen molar-refractivity contribution in [2.45, 2.75) is 31.4 Å². The molecule has 146 valence electrons. The van der Waals surface area contributed by atoms with Crippen LogP contribution in [0.25, 0.3) is 15.9 Å². The fourth-order valence-electron chi connectivity index (χ4n) is 3.78. The van der Waals surface area contributed by atoms with Crippen LogP contribution in [0.4, 0.5) is 0 Å². The number of aryl methyl sites for hydroxylation is 2. The maximum atomic E-state index is 13.6. The van der Waals surface area contributed by atoms with Crippen molar-refractivity contribution in [2.24, 2.45) is 0 Å². The highest BCUT2D eigenvalue weighted by molar-refractivity contribution is 8.13. The van der Waals surface area contributed by atoms with Gasteiger partial charge in [-0.1, -0.05) is 36.0 Å². The molecule has 0 spiro atoms. The molecule has 4 aromatic rings. The van der Waals surface area contributed by atoms with Crippen LogP contribution < -0.4 is 5.56 Å². The monoisotopic (exact) mass is 438 g/mol. The van der Waals surface area contributed by atoms with Crippen LogP contribution in [0.1, 0.15) is 38.8 Å². The average molecular weight is 439 g/mol. The minimum absolute atomic E-state index is 0.0134. The SMILES string of the molecule is O=C(SCc1nc2sc3c(c2c(=O)n1-c1ccccc1)CCCC3)c1cccs1. The summed E-state index contributed by atoms with van der Waals surface area (Å²) in [5, 5.41) is 2.68. The van der Waals surface area contributed by atoms with Crippen molar-refractivity contribution in [3.63, 3.8) is 0 Å². The van der Waals surface area contributed by atoms with Gasteiger partial charge in [-0.2, -0.15) is 0 Å². The molecule has 0 unspecified atom stereocenters. The quantitative estimate of drug-likeness (QED) is 0.424. The molecule has 1 aromatic carbocycles. The first-order chi connectivity index (χ1) is 14.2. The summed E-state index contributed by atoms with van der Waals surface area (Å²) in [4.78, 5) is 33.8. The van der Waals surface area contributed by atoms with Gasteiger partial charge in [-0.15, -0.1) is 22.7 Å². The van der Waals surface area contributed by atoms with E-state index >= 15 is 0 Å². The smallest absolute Gasteiger partial charge is 0.267 e. The zero-order chi connectivity index (χ0) is 19.8. The lowest BCUT2D eigenvalue weighted by molar-refractivity contribution is 0.109. The van der Waals surface area contributed by atoms with Crippen LogP contribution in [0.3, 0.4) is 0 Å². The molecule has 0 bridgehead atoms. The first-order valence-electron chi connectivity index (χ1n) is 9.54. The van der Waals surface area contributed by atoms with E-state index < -0.39 is 0 Å². The van der Waals surface area contributed by atoms with Gasteiger partial charge in [0.15, 0.2) is 0 Å². The number of para-hydroxylation sites is 1. The van der Waals surface area contributed by atoms with Gasteiger partial charge < -0.3 is 0 Å². The number of fused-ring (bicyclic) bond motifs is 3. The molecule has 4 nitrogen and oxygen atoms in total. The molecular weight excluding hydrogens is 420 g/mol. The third-order valence-electron chi connectivity index (χ3n) is 5.13. The number of thioether (sulfide) groups is 1. The van der Waals surface area contributed by atoms with Gasteiger partial charge in [-0.05, 0) is 54.8 Å². The van der Waals surface area contributed by atoms with Crippen molar-refractivity contribution in [2.75, 3.05) is 0 Å². The van der Waals surface area contributed by atoms with E-state index in [0.29, 0.717) is 11.6 Å².